The lowest BCUT2D eigenvalue weighted by Gasteiger charge is -2.12. The highest BCUT2D eigenvalue weighted by molar-refractivity contribution is 7.99. The minimum atomic E-state index is 0.715. The largest absolute Gasteiger partial charge is 0.309 e. The number of hydrogen-bond donors (Lipinski definition) is 0. The molecule has 0 bridgehead atoms. The molecule has 0 heterocycles. The lowest BCUT2D eigenvalue weighted by Crippen LogP contribution is -2.16. The predicted octanol–water partition coefficient (Wildman–Crippen LogP) is 2.30. The second kappa shape index (κ2) is 7.26. The van der Waals surface area contributed by atoms with Crippen LogP contribution in [0.15, 0.2) is 0 Å². The summed E-state index contributed by atoms with van der Waals surface area (Å²) in [5, 5.41) is 0.715. The number of thioether (sulfide) groups is 1. The molecule has 0 aromatic heterocycles. The third-order valence-corrected chi connectivity index (χ3v) is 2.90. The van der Waals surface area contributed by atoms with Gasteiger partial charge in [0, 0.05) is 23.4 Å². The summed E-state index contributed by atoms with van der Waals surface area (Å²) < 4.78 is 0. The zero-order valence-corrected chi connectivity index (χ0v) is 9.21. The van der Waals surface area contributed by atoms with Gasteiger partial charge in [-0.3, -0.25) is 0 Å². The van der Waals surface area contributed by atoms with Crippen molar-refractivity contribution >= 4 is 23.4 Å². The van der Waals surface area contributed by atoms with Gasteiger partial charge >= 0.3 is 0 Å². The van der Waals surface area contributed by atoms with Crippen LogP contribution in [0.3, 0.4) is 0 Å². The van der Waals surface area contributed by atoms with E-state index in [0.29, 0.717) is 5.25 Å². The monoisotopic (exact) mass is 195 g/mol. The Kier molecular flexibility index (Phi) is 7.66. The Morgan fingerprint density at radius 1 is 1.45 bits per heavy atom. The first-order valence-electron chi connectivity index (χ1n) is 3.99. The van der Waals surface area contributed by atoms with Crippen molar-refractivity contribution in [2.45, 2.75) is 18.6 Å². The molecule has 0 aliphatic heterocycles. The van der Waals surface area contributed by atoms with Crippen LogP contribution < -0.4 is 0 Å². The topological polar surface area (TPSA) is 3.24 Å². The molecule has 0 aliphatic carbocycles. The highest BCUT2D eigenvalue weighted by Gasteiger charge is 2.00. The standard InChI is InChI=1S/C8H18ClNS/c1-8(4-5-9)11-7-6-10(2)3/h8H,4-7H2,1-3H3. The zero-order valence-electron chi connectivity index (χ0n) is 7.64. The molecule has 0 spiro atoms. The van der Waals surface area contributed by atoms with Crippen LogP contribution in [-0.2, 0) is 0 Å². The van der Waals surface area contributed by atoms with E-state index < -0.39 is 0 Å². The predicted molar refractivity (Wildman–Crippen MR) is 55.8 cm³/mol. The van der Waals surface area contributed by atoms with Crippen LogP contribution in [0.2, 0.25) is 0 Å². The Balaban J connectivity index is 3.10. The first kappa shape index (κ1) is 11.6. The molecule has 0 radical (unpaired) electrons. The first-order chi connectivity index (χ1) is 5.16. The molecule has 1 nitrogen and oxygen atoms in total. The Bertz CT molecular complexity index is 88.2. The molecule has 0 aromatic carbocycles. The van der Waals surface area contributed by atoms with Crippen molar-refractivity contribution in [2.24, 2.45) is 0 Å². The molecule has 0 N–H and O–H groups in total. The lowest BCUT2D eigenvalue weighted by atomic mass is 10.4. The van der Waals surface area contributed by atoms with Gasteiger partial charge in [0.25, 0.3) is 0 Å². The van der Waals surface area contributed by atoms with Gasteiger partial charge in [-0.15, -0.1) is 11.6 Å². The maximum Gasteiger partial charge on any atom is 0.0233 e. The van der Waals surface area contributed by atoms with E-state index in [1.807, 2.05) is 11.8 Å². The highest BCUT2D eigenvalue weighted by atomic mass is 35.5. The first-order valence-corrected chi connectivity index (χ1v) is 5.57. The lowest BCUT2D eigenvalue weighted by molar-refractivity contribution is 0.437. The normalized spacial score (nSPS) is 13.9. The molecular formula is C8H18ClNS. The fourth-order valence-corrected chi connectivity index (χ4v) is 2.29. The van der Waals surface area contributed by atoms with Crippen molar-refractivity contribution in [2.75, 3.05) is 32.3 Å². The summed E-state index contributed by atoms with van der Waals surface area (Å²) in [6.45, 7) is 3.40. The Morgan fingerprint density at radius 3 is 2.55 bits per heavy atom. The second-order valence-corrected chi connectivity index (χ2v) is 4.89. The van der Waals surface area contributed by atoms with E-state index in [1.54, 1.807) is 0 Å². The van der Waals surface area contributed by atoms with Crippen LogP contribution in [0.5, 0.6) is 0 Å². The highest BCUT2D eigenvalue weighted by Crippen LogP contribution is 2.13. The minimum absolute atomic E-state index is 0.715. The van der Waals surface area contributed by atoms with E-state index in [-0.39, 0.29) is 0 Å². The second-order valence-electron chi connectivity index (χ2n) is 2.96. The number of alkyl halides is 1. The van der Waals surface area contributed by atoms with Crippen molar-refractivity contribution in [3.05, 3.63) is 0 Å². The quantitative estimate of drug-likeness (QED) is 0.599. The van der Waals surface area contributed by atoms with E-state index in [9.17, 15) is 0 Å². The molecule has 68 valence electrons. The van der Waals surface area contributed by atoms with E-state index in [1.165, 1.54) is 5.75 Å². The van der Waals surface area contributed by atoms with Gasteiger partial charge < -0.3 is 4.90 Å². The van der Waals surface area contributed by atoms with Gasteiger partial charge in [0.05, 0.1) is 0 Å². The summed E-state index contributed by atoms with van der Waals surface area (Å²) in [5.74, 6) is 2.00. The molecule has 0 fully saturated rings. The third kappa shape index (κ3) is 8.51. The number of nitrogens with zero attached hydrogens (tertiary/aromatic N) is 1. The van der Waals surface area contributed by atoms with E-state index in [2.05, 4.69) is 25.9 Å². The van der Waals surface area contributed by atoms with Crippen molar-refractivity contribution in [1.82, 2.24) is 4.90 Å². The van der Waals surface area contributed by atoms with E-state index in [4.69, 9.17) is 11.6 Å². The Labute approximate surface area is 79.5 Å². The van der Waals surface area contributed by atoms with E-state index >= 15 is 0 Å². The van der Waals surface area contributed by atoms with Gasteiger partial charge in [-0.1, -0.05) is 6.92 Å². The van der Waals surface area contributed by atoms with Crippen LogP contribution in [-0.4, -0.2) is 42.4 Å². The fraction of sp³-hybridized carbons (Fsp3) is 1.00. The van der Waals surface area contributed by atoms with Crippen molar-refractivity contribution in [1.29, 1.82) is 0 Å². The Morgan fingerprint density at radius 2 is 2.09 bits per heavy atom. The van der Waals surface area contributed by atoms with Gasteiger partial charge in [-0.05, 0) is 20.5 Å². The van der Waals surface area contributed by atoms with Crippen LogP contribution in [0, 0.1) is 0 Å². The summed E-state index contributed by atoms with van der Waals surface area (Å²) in [6.07, 6.45) is 1.12. The molecule has 3 heteroatoms. The zero-order chi connectivity index (χ0) is 8.69. The smallest absolute Gasteiger partial charge is 0.0233 e. The van der Waals surface area contributed by atoms with Crippen molar-refractivity contribution < 1.29 is 0 Å². The SMILES string of the molecule is CC(CCCl)SCCN(C)C. The van der Waals surface area contributed by atoms with Crippen LogP contribution in [0.4, 0.5) is 0 Å². The van der Waals surface area contributed by atoms with Crippen molar-refractivity contribution in [3.63, 3.8) is 0 Å². The molecule has 0 aromatic rings. The van der Waals surface area contributed by atoms with Crippen LogP contribution in [0.25, 0.3) is 0 Å². The van der Waals surface area contributed by atoms with Crippen molar-refractivity contribution in [3.8, 4) is 0 Å². The fourth-order valence-electron chi connectivity index (χ4n) is 0.673. The minimum Gasteiger partial charge on any atom is -0.309 e. The maximum absolute atomic E-state index is 5.61. The average Bonchev–Trinajstić information content (AvgIpc) is 1.87. The van der Waals surface area contributed by atoms with Gasteiger partial charge in [-0.25, -0.2) is 0 Å². The number of halogens is 1. The van der Waals surface area contributed by atoms with Crippen LogP contribution >= 0.6 is 23.4 Å². The van der Waals surface area contributed by atoms with Gasteiger partial charge in [0.15, 0.2) is 0 Å². The van der Waals surface area contributed by atoms with Crippen LogP contribution in [0.1, 0.15) is 13.3 Å². The molecule has 0 amide bonds. The molecule has 0 saturated carbocycles. The number of rotatable bonds is 6. The molecular weight excluding hydrogens is 178 g/mol. The average molecular weight is 196 g/mol. The summed E-state index contributed by atoms with van der Waals surface area (Å²) >= 11 is 7.62. The molecule has 0 rings (SSSR count). The number of hydrogen-bond acceptors (Lipinski definition) is 2. The molecule has 0 aliphatic rings. The van der Waals surface area contributed by atoms with Gasteiger partial charge in [0.2, 0.25) is 0 Å². The summed E-state index contributed by atoms with van der Waals surface area (Å²) in [7, 11) is 4.21. The molecule has 1 atom stereocenters. The molecule has 0 saturated heterocycles. The van der Waals surface area contributed by atoms with Gasteiger partial charge in [-0.2, -0.15) is 11.8 Å². The maximum atomic E-state index is 5.61. The summed E-state index contributed by atoms with van der Waals surface area (Å²) in [6, 6.07) is 0. The van der Waals surface area contributed by atoms with Gasteiger partial charge in [0.1, 0.15) is 0 Å². The van der Waals surface area contributed by atoms with E-state index in [0.717, 1.165) is 18.8 Å². The molecule has 1 unspecified atom stereocenters. The Hall–Kier alpha value is 0.600. The summed E-state index contributed by atoms with van der Waals surface area (Å²) in [5.41, 5.74) is 0. The third-order valence-electron chi connectivity index (χ3n) is 1.46. The summed E-state index contributed by atoms with van der Waals surface area (Å²) in [4.78, 5) is 2.21. The molecule has 11 heavy (non-hydrogen) atoms.